The van der Waals surface area contributed by atoms with Gasteiger partial charge in [0.05, 0.1) is 6.04 Å². The van der Waals surface area contributed by atoms with E-state index in [1.807, 2.05) is 6.92 Å². The third kappa shape index (κ3) is 2.98. The van der Waals surface area contributed by atoms with Crippen molar-refractivity contribution >= 4 is 0 Å². The number of hydrogen-bond donors (Lipinski definition) is 1. The fourth-order valence-electron chi connectivity index (χ4n) is 1.71. The van der Waals surface area contributed by atoms with Crippen LogP contribution in [-0.2, 0) is 0 Å². The molecule has 1 aromatic heterocycles. The molecule has 0 aliphatic heterocycles. The van der Waals surface area contributed by atoms with Crippen LogP contribution in [0.1, 0.15) is 32.2 Å². The molecule has 1 aromatic carbocycles. The zero-order chi connectivity index (χ0) is 14.7. The summed E-state index contributed by atoms with van der Waals surface area (Å²) < 4.78 is 45.3. The van der Waals surface area contributed by atoms with E-state index in [2.05, 4.69) is 15.5 Å². The second-order valence-electron chi connectivity index (χ2n) is 4.37. The predicted octanol–water partition coefficient (Wildman–Crippen LogP) is 3.21. The smallest absolute Gasteiger partial charge is 0.253 e. The van der Waals surface area contributed by atoms with Gasteiger partial charge in [0.1, 0.15) is 23.0 Å². The van der Waals surface area contributed by atoms with E-state index in [9.17, 15) is 13.2 Å². The van der Waals surface area contributed by atoms with Gasteiger partial charge in [-0.2, -0.15) is 0 Å². The summed E-state index contributed by atoms with van der Waals surface area (Å²) in [6, 6.07) is 0.907. The monoisotopic (exact) mass is 285 g/mol. The Morgan fingerprint density at radius 1 is 1.20 bits per heavy atom. The molecule has 1 unspecified atom stereocenters. The maximum atomic E-state index is 13.6. The summed E-state index contributed by atoms with van der Waals surface area (Å²) in [4.78, 5) is 0. The molecule has 1 atom stereocenters. The minimum absolute atomic E-state index is 0.219. The summed E-state index contributed by atoms with van der Waals surface area (Å²) in [7, 11) is 0. The van der Waals surface area contributed by atoms with Crippen molar-refractivity contribution in [3.8, 4) is 11.5 Å². The average molecular weight is 285 g/mol. The first-order valence-corrected chi connectivity index (χ1v) is 6.24. The molecule has 108 valence electrons. The summed E-state index contributed by atoms with van der Waals surface area (Å²) in [6.07, 6.45) is 0.923. The van der Waals surface area contributed by atoms with Crippen LogP contribution in [0.15, 0.2) is 16.5 Å². The Kier molecular flexibility index (Phi) is 4.39. The molecule has 0 aliphatic carbocycles. The maximum Gasteiger partial charge on any atom is 0.253 e. The summed E-state index contributed by atoms with van der Waals surface area (Å²) in [6.45, 7) is 4.55. The number of hydrogen-bond acceptors (Lipinski definition) is 4. The van der Waals surface area contributed by atoms with Crippen LogP contribution in [0.25, 0.3) is 11.5 Å². The van der Waals surface area contributed by atoms with Crippen LogP contribution in [0.4, 0.5) is 13.2 Å². The molecule has 0 fully saturated rings. The van der Waals surface area contributed by atoms with Gasteiger partial charge in [0, 0.05) is 12.1 Å². The Labute approximate surface area is 114 Å². The predicted molar refractivity (Wildman–Crippen MR) is 66.3 cm³/mol. The van der Waals surface area contributed by atoms with Crippen molar-refractivity contribution in [1.82, 2.24) is 15.5 Å². The van der Waals surface area contributed by atoms with Gasteiger partial charge >= 0.3 is 0 Å². The number of benzene rings is 1. The second kappa shape index (κ2) is 6.04. The lowest BCUT2D eigenvalue weighted by Crippen LogP contribution is -2.19. The molecule has 1 heterocycles. The molecule has 0 spiro atoms. The van der Waals surface area contributed by atoms with Gasteiger partial charge in [-0.3, -0.25) is 0 Å². The topological polar surface area (TPSA) is 51.0 Å². The van der Waals surface area contributed by atoms with Crippen molar-refractivity contribution in [3.63, 3.8) is 0 Å². The first-order valence-electron chi connectivity index (χ1n) is 6.24. The lowest BCUT2D eigenvalue weighted by atomic mass is 10.2. The van der Waals surface area contributed by atoms with Crippen molar-refractivity contribution in [2.45, 2.75) is 26.3 Å². The van der Waals surface area contributed by atoms with E-state index in [1.54, 1.807) is 6.92 Å². The Morgan fingerprint density at radius 2 is 1.85 bits per heavy atom. The number of halogens is 3. The molecule has 0 saturated carbocycles. The third-order valence-corrected chi connectivity index (χ3v) is 2.73. The van der Waals surface area contributed by atoms with Crippen LogP contribution in [-0.4, -0.2) is 16.7 Å². The molecule has 2 aromatic rings. The molecular weight excluding hydrogens is 271 g/mol. The minimum atomic E-state index is -1.08. The summed E-state index contributed by atoms with van der Waals surface area (Å²) in [5.74, 6) is -3.24. The number of nitrogens with zero attached hydrogens (tertiary/aromatic N) is 2. The Hall–Kier alpha value is -1.89. The molecule has 0 amide bonds. The number of rotatable bonds is 5. The van der Waals surface area contributed by atoms with Crippen LogP contribution < -0.4 is 5.32 Å². The molecule has 0 bridgehead atoms. The van der Waals surface area contributed by atoms with Crippen molar-refractivity contribution < 1.29 is 17.6 Å². The van der Waals surface area contributed by atoms with E-state index in [4.69, 9.17) is 4.42 Å². The van der Waals surface area contributed by atoms with E-state index in [0.717, 1.165) is 13.0 Å². The average Bonchev–Trinajstić information content (AvgIpc) is 2.84. The highest BCUT2D eigenvalue weighted by atomic mass is 19.1. The summed E-state index contributed by atoms with van der Waals surface area (Å²) in [5.41, 5.74) is -0.521. The van der Waals surface area contributed by atoms with E-state index >= 15 is 0 Å². The first-order chi connectivity index (χ1) is 9.52. The van der Waals surface area contributed by atoms with Gasteiger partial charge in [-0.15, -0.1) is 10.2 Å². The number of aromatic nitrogens is 2. The van der Waals surface area contributed by atoms with Crippen LogP contribution in [0.3, 0.4) is 0 Å². The zero-order valence-electron chi connectivity index (χ0n) is 11.1. The van der Waals surface area contributed by atoms with E-state index < -0.39 is 23.0 Å². The van der Waals surface area contributed by atoms with E-state index in [1.165, 1.54) is 0 Å². The zero-order valence-corrected chi connectivity index (χ0v) is 11.1. The first kappa shape index (κ1) is 14.5. The Morgan fingerprint density at radius 3 is 2.45 bits per heavy atom. The van der Waals surface area contributed by atoms with Crippen LogP contribution >= 0.6 is 0 Å². The van der Waals surface area contributed by atoms with Crippen molar-refractivity contribution in [3.05, 3.63) is 35.5 Å². The Balaban J connectivity index is 2.29. The van der Waals surface area contributed by atoms with E-state index in [-0.39, 0.29) is 17.8 Å². The molecule has 4 nitrogen and oxygen atoms in total. The Bertz CT molecular complexity index is 577. The molecule has 2 rings (SSSR count). The number of nitrogens with one attached hydrogen (secondary N) is 1. The van der Waals surface area contributed by atoms with Crippen molar-refractivity contribution in [1.29, 1.82) is 0 Å². The quantitative estimate of drug-likeness (QED) is 0.916. The third-order valence-electron chi connectivity index (χ3n) is 2.73. The van der Waals surface area contributed by atoms with Crippen LogP contribution in [0, 0.1) is 17.5 Å². The summed E-state index contributed by atoms with van der Waals surface area (Å²) >= 11 is 0. The fourth-order valence-corrected chi connectivity index (χ4v) is 1.71. The second-order valence-corrected chi connectivity index (χ2v) is 4.37. The lowest BCUT2D eigenvalue weighted by Gasteiger charge is -2.07. The lowest BCUT2D eigenvalue weighted by molar-refractivity contribution is 0.420. The molecular formula is C13H14F3N3O. The molecule has 7 heteroatoms. The molecule has 0 radical (unpaired) electrons. The molecule has 1 N–H and O–H groups in total. The largest absolute Gasteiger partial charge is 0.419 e. The highest BCUT2D eigenvalue weighted by molar-refractivity contribution is 5.54. The highest BCUT2D eigenvalue weighted by Gasteiger charge is 2.21. The minimum Gasteiger partial charge on any atom is -0.419 e. The normalized spacial score (nSPS) is 12.7. The van der Waals surface area contributed by atoms with Crippen LogP contribution in [0.5, 0.6) is 0 Å². The summed E-state index contributed by atoms with van der Waals surface area (Å²) in [5, 5.41) is 10.5. The van der Waals surface area contributed by atoms with Gasteiger partial charge < -0.3 is 9.73 Å². The standard InChI is InChI=1S/C13H14F3N3O/c1-3-4-17-7(2)12-18-19-13(20-12)11-9(15)5-8(14)6-10(11)16/h5-7,17H,3-4H2,1-2H3. The SMILES string of the molecule is CCCNC(C)c1nnc(-c2c(F)cc(F)cc2F)o1. The highest BCUT2D eigenvalue weighted by Crippen LogP contribution is 2.27. The van der Waals surface area contributed by atoms with Crippen molar-refractivity contribution in [2.24, 2.45) is 0 Å². The van der Waals surface area contributed by atoms with Gasteiger partial charge in [-0.25, -0.2) is 13.2 Å². The fraction of sp³-hybridized carbons (Fsp3) is 0.385. The van der Waals surface area contributed by atoms with Gasteiger partial charge in [-0.1, -0.05) is 6.92 Å². The van der Waals surface area contributed by atoms with E-state index in [0.29, 0.717) is 12.1 Å². The molecule has 0 aliphatic rings. The van der Waals surface area contributed by atoms with Gasteiger partial charge in [0.25, 0.3) is 5.89 Å². The van der Waals surface area contributed by atoms with Gasteiger partial charge in [-0.05, 0) is 19.9 Å². The van der Waals surface area contributed by atoms with Crippen molar-refractivity contribution in [2.75, 3.05) is 6.54 Å². The maximum absolute atomic E-state index is 13.6. The van der Waals surface area contributed by atoms with Gasteiger partial charge in [0.2, 0.25) is 5.89 Å². The molecule has 0 saturated heterocycles. The molecule has 20 heavy (non-hydrogen) atoms. The van der Waals surface area contributed by atoms with Gasteiger partial charge in [0.15, 0.2) is 0 Å². The van der Waals surface area contributed by atoms with Crippen LogP contribution in [0.2, 0.25) is 0 Å².